The van der Waals surface area contributed by atoms with Crippen LogP contribution >= 0.6 is 0 Å². The monoisotopic (exact) mass is 310 g/mol. The molecule has 1 aromatic carbocycles. The first-order valence-corrected chi connectivity index (χ1v) is 6.37. The molecule has 0 atom stereocenters. The Labute approximate surface area is 123 Å². The maximum atomic E-state index is 13.6. The molecule has 0 saturated carbocycles. The third kappa shape index (κ3) is 2.26. The van der Waals surface area contributed by atoms with Crippen LogP contribution in [0.3, 0.4) is 0 Å². The minimum atomic E-state index is -3.07. The molecule has 0 amide bonds. The molecule has 22 heavy (non-hydrogen) atoms. The van der Waals surface area contributed by atoms with Gasteiger partial charge in [0.25, 0.3) is 5.92 Å². The van der Waals surface area contributed by atoms with E-state index in [1.165, 1.54) is 29.9 Å². The minimum Gasteiger partial charge on any atom is -0.476 e. The minimum absolute atomic E-state index is 0.0787. The number of hydrogen-bond acceptors (Lipinski definition) is 4. The number of carbonyl (C=O) groups is 1. The summed E-state index contributed by atoms with van der Waals surface area (Å²) in [6, 6.07) is 3.79. The molecule has 0 saturated heterocycles. The first-order valence-electron chi connectivity index (χ1n) is 6.37. The number of rotatable bonds is 3. The van der Waals surface area contributed by atoms with Crippen molar-refractivity contribution < 1.29 is 28.2 Å². The summed E-state index contributed by atoms with van der Waals surface area (Å²) in [6.45, 7) is 0.699. The highest BCUT2D eigenvalue weighted by molar-refractivity contribution is 5.87. The third-order valence-corrected chi connectivity index (χ3v) is 3.35. The smallest absolute Gasteiger partial charge is 0.356 e. The number of ether oxygens (including phenoxy) is 2. The lowest BCUT2D eigenvalue weighted by Gasteiger charge is -2.14. The molecule has 6 nitrogen and oxygen atoms in total. The molecule has 2 aromatic rings. The van der Waals surface area contributed by atoms with E-state index < -0.39 is 11.9 Å². The molecule has 1 aliphatic rings. The molecule has 0 aliphatic carbocycles. The van der Waals surface area contributed by atoms with Gasteiger partial charge in [-0.1, -0.05) is 0 Å². The maximum absolute atomic E-state index is 13.6. The summed E-state index contributed by atoms with van der Waals surface area (Å²) in [5.41, 5.74) is 0.239. The summed E-state index contributed by atoms with van der Waals surface area (Å²) >= 11 is 0. The Balaban J connectivity index is 2.22. The van der Waals surface area contributed by atoms with Crippen LogP contribution < -0.4 is 9.47 Å². The van der Waals surface area contributed by atoms with E-state index in [1.807, 2.05) is 0 Å². The van der Waals surface area contributed by atoms with Crippen LogP contribution in [0.4, 0.5) is 8.78 Å². The topological polar surface area (TPSA) is 73.6 Å². The van der Waals surface area contributed by atoms with Crippen molar-refractivity contribution >= 4 is 5.97 Å². The van der Waals surface area contributed by atoms with Gasteiger partial charge < -0.3 is 14.6 Å². The van der Waals surface area contributed by atoms with Gasteiger partial charge in [0.15, 0.2) is 17.2 Å². The van der Waals surface area contributed by atoms with Crippen molar-refractivity contribution in [3.05, 3.63) is 29.5 Å². The molecule has 1 aliphatic heterocycles. The SMILES string of the molecule is Cn1nc(C(=O)O)cc1-c1cc(C(C)(F)F)cc2c1OCO2. The molecule has 0 unspecified atom stereocenters. The highest BCUT2D eigenvalue weighted by Gasteiger charge is 2.31. The Bertz CT molecular complexity index is 765. The van der Waals surface area contributed by atoms with Crippen molar-refractivity contribution in [3.63, 3.8) is 0 Å². The standard InChI is InChI=1S/C14H12F2N2O4/c1-14(15,16)7-3-8(12-11(4-7)21-6-22-12)10-5-9(13(19)20)17-18(10)2/h3-5H,6H2,1-2H3,(H,19,20). The average molecular weight is 310 g/mol. The van der Waals surface area contributed by atoms with Gasteiger partial charge in [-0.25, -0.2) is 13.6 Å². The average Bonchev–Trinajstić information content (AvgIpc) is 3.02. The van der Waals surface area contributed by atoms with E-state index in [0.717, 1.165) is 6.92 Å². The summed E-state index contributed by atoms with van der Waals surface area (Å²) in [4.78, 5) is 11.0. The predicted molar refractivity (Wildman–Crippen MR) is 71.3 cm³/mol. The van der Waals surface area contributed by atoms with Crippen LogP contribution in [-0.4, -0.2) is 27.6 Å². The zero-order chi connectivity index (χ0) is 16.1. The number of aromatic carboxylic acids is 1. The number of alkyl halides is 2. The fourth-order valence-electron chi connectivity index (χ4n) is 2.28. The Hall–Kier alpha value is -2.64. The summed E-state index contributed by atoms with van der Waals surface area (Å²) in [6.07, 6.45) is 0. The lowest BCUT2D eigenvalue weighted by Crippen LogP contribution is -2.07. The molecule has 0 spiro atoms. The highest BCUT2D eigenvalue weighted by Crippen LogP contribution is 2.45. The zero-order valence-corrected chi connectivity index (χ0v) is 11.8. The van der Waals surface area contributed by atoms with Crippen molar-refractivity contribution in [2.24, 2.45) is 7.05 Å². The van der Waals surface area contributed by atoms with E-state index in [0.29, 0.717) is 17.0 Å². The fraction of sp³-hybridized carbons (Fsp3) is 0.286. The Morgan fingerprint density at radius 1 is 1.36 bits per heavy atom. The van der Waals surface area contributed by atoms with E-state index in [9.17, 15) is 13.6 Å². The normalized spacial score (nSPS) is 13.5. The van der Waals surface area contributed by atoms with Crippen LogP contribution in [0.2, 0.25) is 0 Å². The number of hydrogen-bond donors (Lipinski definition) is 1. The summed E-state index contributed by atoms with van der Waals surface area (Å²) in [7, 11) is 1.53. The summed E-state index contributed by atoms with van der Waals surface area (Å²) < 4.78 is 39.1. The quantitative estimate of drug-likeness (QED) is 0.943. The molecular weight excluding hydrogens is 298 g/mol. The van der Waals surface area contributed by atoms with Crippen molar-refractivity contribution in [1.29, 1.82) is 0 Å². The highest BCUT2D eigenvalue weighted by atomic mass is 19.3. The Morgan fingerprint density at radius 2 is 2.09 bits per heavy atom. The van der Waals surface area contributed by atoms with Gasteiger partial charge in [0.2, 0.25) is 6.79 Å². The van der Waals surface area contributed by atoms with Gasteiger partial charge >= 0.3 is 5.97 Å². The van der Waals surface area contributed by atoms with E-state index in [1.54, 1.807) is 0 Å². The molecule has 0 radical (unpaired) electrons. The van der Waals surface area contributed by atoms with Crippen LogP contribution in [-0.2, 0) is 13.0 Å². The molecule has 1 N–H and O–H groups in total. The number of nitrogens with zero attached hydrogens (tertiary/aromatic N) is 2. The van der Waals surface area contributed by atoms with Crippen molar-refractivity contribution in [3.8, 4) is 22.8 Å². The number of fused-ring (bicyclic) bond motifs is 1. The molecular formula is C14H12F2N2O4. The van der Waals surface area contributed by atoms with Crippen LogP contribution in [0, 0.1) is 0 Å². The van der Waals surface area contributed by atoms with Gasteiger partial charge in [0.1, 0.15) is 0 Å². The second kappa shape index (κ2) is 4.69. The van der Waals surface area contributed by atoms with Crippen LogP contribution in [0.15, 0.2) is 18.2 Å². The molecule has 3 rings (SSSR count). The molecule has 8 heteroatoms. The van der Waals surface area contributed by atoms with Gasteiger partial charge in [-0.3, -0.25) is 4.68 Å². The lowest BCUT2D eigenvalue weighted by atomic mass is 10.0. The van der Waals surface area contributed by atoms with Gasteiger partial charge in [-0.05, 0) is 18.2 Å². The predicted octanol–water partition coefficient (Wildman–Crippen LogP) is 2.63. The summed E-state index contributed by atoms with van der Waals surface area (Å²) in [5, 5.41) is 12.8. The number of carboxylic acids is 1. The second-order valence-corrected chi connectivity index (χ2v) is 4.99. The first kappa shape index (κ1) is 14.3. The number of aromatic nitrogens is 2. The number of aryl methyl sites for hydroxylation is 1. The molecule has 0 fully saturated rings. The largest absolute Gasteiger partial charge is 0.476 e. The van der Waals surface area contributed by atoms with Crippen LogP contribution in [0.1, 0.15) is 23.0 Å². The van der Waals surface area contributed by atoms with Crippen molar-refractivity contribution in [2.75, 3.05) is 6.79 Å². The van der Waals surface area contributed by atoms with Crippen molar-refractivity contribution in [1.82, 2.24) is 9.78 Å². The van der Waals surface area contributed by atoms with E-state index in [2.05, 4.69) is 5.10 Å². The second-order valence-electron chi connectivity index (χ2n) is 4.99. The number of benzene rings is 1. The molecule has 2 heterocycles. The van der Waals surface area contributed by atoms with Gasteiger partial charge in [0, 0.05) is 25.1 Å². The first-order chi connectivity index (χ1) is 10.3. The number of carboxylic acid groups (broad SMARTS) is 1. The van der Waals surface area contributed by atoms with E-state index in [-0.39, 0.29) is 23.8 Å². The lowest BCUT2D eigenvalue weighted by molar-refractivity contribution is 0.0173. The van der Waals surface area contributed by atoms with E-state index >= 15 is 0 Å². The number of halogens is 2. The van der Waals surface area contributed by atoms with Crippen molar-refractivity contribution in [2.45, 2.75) is 12.8 Å². The molecule has 1 aromatic heterocycles. The van der Waals surface area contributed by atoms with Crippen LogP contribution in [0.25, 0.3) is 11.3 Å². The third-order valence-electron chi connectivity index (χ3n) is 3.35. The van der Waals surface area contributed by atoms with Crippen LogP contribution in [0.5, 0.6) is 11.5 Å². The van der Waals surface area contributed by atoms with Gasteiger partial charge in [-0.15, -0.1) is 0 Å². The van der Waals surface area contributed by atoms with Gasteiger partial charge in [-0.2, -0.15) is 5.10 Å². The fourth-order valence-corrected chi connectivity index (χ4v) is 2.28. The zero-order valence-electron chi connectivity index (χ0n) is 11.8. The van der Waals surface area contributed by atoms with E-state index in [4.69, 9.17) is 14.6 Å². The summed E-state index contributed by atoms with van der Waals surface area (Å²) in [5.74, 6) is -3.77. The maximum Gasteiger partial charge on any atom is 0.356 e. The molecule has 0 bridgehead atoms. The Kier molecular flexibility index (Phi) is 3.05. The Morgan fingerprint density at radius 3 is 2.68 bits per heavy atom. The van der Waals surface area contributed by atoms with Gasteiger partial charge in [0.05, 0.1) is 5.69 Å². The molecule has 116 valence electrons.